The van der Waals surface area contributed by atoms with Crippen LogP contribution in [0, 0.1) is 0 Å². The fourth-order valence-electron chi connectivity index (χ4n) is 3.87. The summed E-state index contributed by atoms with van der Waals surface area (Å²) in [5, 5.41) is 1.80. The normalized spacial score (nSPS) is 10.9. The second kappa shape index (κ2) is 10.5. The highest BCUT2D eigenvalue weighted by atomic mass is 16.6. The van der Waals surface area contributed by atoms with E-state index in [4.69, 9.17) is 18.6 Å². The topological polar surface area (TPSA) is 75.0 Å². The monoisotopic (exact) mass is 484 g/mol. The number of esters is 2. The van der Waals surface area contributed by atoms with Gasteiger partial charge in [-0.15, -0.1) is 0 Å². The van der Waals surface area contributed by atoms with Gasteiger partial charge in [-0.2, -0.15) is 0 Å². The van der Waals surface area contributed by atoms with E-state index >= 15 is 0 Å². The van der Waals surface area contributed by atoms with Crippen molar-refractivity contribution in [2.75, 3.05) is 13.7 Å². The molecule has 0 radical (unpaired) electrons. The Balaban J connectivity index is 1.55. The van der Waals surface area contributed by atoms with Crippen LogP contribution in [0.2, 0.25) is 0 Å². The molecule has 1 aromatic heterocycles. The van der Waals surface area contributed by atoms with Crippen molar-refractivity contribution in [2.24, 2.45) is 0 Å². The standard InChI is InChI=1S/C30H28O6/c1-18(2)29(31)34-16-6-7-20-8-10-21(11-9-20)22-12-13-23-24-14-15-25(36-30(32)19(3)4)28(33-5)27(24)35-26(23)17-22/h8-15,17H,1,3,6-7,16H2,2,4-5H3. The van der Waals surface area contributed by atoms with Crippen LogP contribution in [0.1, 0.15) is 25.8 Å². The van der Waals surface area contributed by atoms with E-state index in [1.807, 2.05) is 24.3 Å². The molecule has 0 atom stereocenters. The van der Waals surface area contributed by atoms with Crippen LogP contribution in [0.5, 0.6) is 11.5 Å². The first-order chi connectivity index (χ1) is 17.3. The van der Waals surface area contributed by atoms with Gasteiger partial charge in [-0.3, -0.25) is 0 Å². The van der Waals surface area contributed by atoms with Gasteiger partial charge in [0.15, 0.2) is 11.3 Å². The molecule has 6 nitrogen and oxygen atoms in total. The summed E-state index contributed by atoms with van der Waals surface area (Å²) in [7, 11) is 1.51. The number of carbonyl (C=O) groups excluding carboxylic acids is 2. The first-order valence-corrected chi connectivity index (χ1v) is 11.6. The molecule has 3 aromatic carbocycles. The number of fused-ring (bicyclic) bond motifs is 3. The summed E-state index contributed by atoms with van der Waals surface area (Å²) in [4.78, 5) is 23.5. The lowest BCUT2D eigenvalue weighted by molar-refractivity contribution is -0.139. The minimum Gasteiger partial charge on any atom is -0.490 e. The second-order valence-corrected chi connectivity index (χ2v) is 8.67. The van der Waals surface area contributed by atoms with Crippen molar-refractivity contribution >= 4 is 33.9 Å². The Morgan fingerprint density at radius 3 is 2.19 bits per heavy atom. The van der Waals surface area contributed by atoms with Gasteiger partial charge in [-0.1, -0.05) is 43.5 Å². The van der Waals surface area contributed by atoms with Gasteiger partial charge in [0.1, 0.15) is 5.58 Å². The third-order valence-electron chi connectivity index (χ3n) is 5.79. The lowest BCUT2D eigenvalue weighted by Crippen LogP contribution is -2.09. The van der Waals surface area contributed by atoms with Crippen molar-refractivity contribution in [3.05, 3.63) is 84.5 Å². The van der Waals surface area contributed by atoms with E-state index in [-0.39, 0.29) is 11.7 Å². The largest absolute Gasteiger partial charge is 0.490 e. The average Bonchev–Trinajstić information content (AvgIpc) is 3.24. The maximum atomic E-state index is 12.0. The van der Waals surface area contributed by atoms with Gasteiger partial charge in [-0.25, -0.2) is 9.59 Å². The molecule has 0 aliphatic carbocycles. The van der Waals surface area contributed by atoms with E-state index in [0.29, 0.717) is 34.7 Å². The second-order valence-electron chi connectivity index (χ2n) is 8.67. The third-order valence-corrected chi connectivity index (χ3v) is 5.79. The number of methoxy groups -OCH3 is 1. The molecule has 0 unspecified atom stereocenters. The molecular weight excluding hydrogens is 456 g/mol. The van der Waals surface area contributed by atoms with E-state index in [2.05, 4.69) is 37.4 Å². The molecule has 0 aliphatic rings. The average molecular weight is 485 g/mol. The van der Waals surface area contributed by atoms with Gasteiger partial charge in [-0.05, 0) is 67.6 Å². The minimum atomic E-state index is -0.526. The molecule has 0 N–H and O–H groups in total. The molecular formula is C30H28O6. The van der Waals surface area contributed by atoms with Crippen molar-refractivity contribution in [2.45, 2.75) is 26.7 Å². The zero-order chi connectivity index (χ0) is 25.8. The molecule has 0 bridgehead atoms. The van der Waals surface area contributed by atoms with E-state index in [0.717, 1.165) is 40.3 Å². The maximum Gasteiger partial charge on any atom is 0.338 e. The Morgan fingerprint density at radius 1 is 0.861 bits per heavy atom. The molecule has 0 saturated carbocycles. The Bertz CT molecular complexity index is 1470. The number of hydrogen-bond acceptors (Lipinski definition) is 6. The Hall–Kier alpha value is -4.32. The van der Waals surface area contributed by atoms with Gasteiger partial charge in [0.05, 0.1) is 13.7 Å². The predicted molar refractivity (Wildman–Crippen MR) is 140 cm³/mol. The summed E-state index contributed by atoms with van der Waals surface area (Å²) in [6.45, 7) is 10.8. The van der Waals surface area contributed by atoms with Crippen molar-refractivity contribution < 1.29 is 28.2 Å². The van der Waals surface area contributed by atoms with Gasteiger partial charge in [0.25, 0.3) is 0 Å². The number of furan rings is 1. The van der Waals surface area contributed by atoms with Crippen LogP contribution < -0.4 is 9.47 Å². The highest BCUT2D eigenvalue weighted by Gasteiger charge is 2.19. The van der Waals surface area contributed by atoms with E-state index in [1.54, 1.807) is 19.9 Å². The first kappa shape index (κ1) is 24.8. The summed E-state index contributed by atoms with van der Waals surface area (Å²) in [5.74, 6) is -0.240. The van der Waals surface area contributed by atoms with Crippen molar-refractivity contribution in [3.8, 4) is 22.6 Å². The fourth-order valence-corrected chi connectivity index (χ4v) is 3.87. The molecule has 6 heteroatoms. The first-order valence-electron chi connectivity index (χ1n) is 11.6. The molecule has 4 aromatic rings. The Kier molecular flexibility index (Phi) is 7.25. The molecule has 0 saturated heterocycles. The number of rotatable bonds is 9. The van der Waals surface area contributed by atoms with Gasteiger partial charge >= 0.3 is 11.9 Å². The van der Waals surface area contributed by atoms with E-state index in [9.17, 15) is 9.59 Å². The summed E-state index contributed by atoms with van der Waals surface area (Å²) >= 11 is 0. The highest BCUT2D eigenvalue weighted by molar-refractivity contribution is 6.08. The van der Waals surface area contributed by atoms with Crippen LogP contribution in [-0.2, 0) is 20.7 Å². The Morgan fingerprint density at radius 2 is 1.53 bits per heavy atom. The third kappa shape index (κ3) is 5.18. The smallest absolute Gasteiger partial charge is 0.338 e. The van der Waals surface area contributed by atoms with E-state index < -0.39 is 5.97 Å². The SMILES string of the molecule is C=C(C)C(=O)OCCCc1ccc(-c2ccc3c(c2)oc2c(OC)c(OC(=O)C(=C)C)ccc23)cc1. The summed E-state index contributed by atoms with van der Waals surface area (Å²) in [6, 6.07) is 17.9. The zero-order valence-corrected chi connectivity index (χ0v) is 20.7. The van der Waals surface area contributed by atoms with E-state index in [1.165, 1.54) is 7.11 Å². The zero-order valence-electron chi connectivity index (χ0n) is 20.7. The molecule has 184 valence electrons. The summed E-state index contributed by atoms with van der Waals surface area (Å²) < 4.78 is 22.2. The molecule has 36 heavy (non-hydrogen) atoms. The lowest BCUT2D eigenvalue weighted by Gasteiger charge is -2.09. The summed E-state index contributed by atoms with van der Waals surface area (Å²) in [5.41, 5.74) is 5.15. The van der Waals surface area contributed by atoms with Crippen LogP contribution in [0.3, 0.4) is 0 Å². The van der Waals surface area contributed by atoms with Crippen molar-refractivity contribution in [1.29, 1.82) is 0 Å². The van der Waals surface area contributed by atoms with Gasteiger partial charge in [0.2, 0.25) is 5.75 Å². The van der Waals surface area contributed by atoms with Crippen LogP contribution in [-0.4, -0.2) is 25.7 Å². The van der Waals surface area contributed by atoms with Crippen LogP contribution in [0.25, 0.3) is 33.1 Å². The predicted octanol–water partition coefficient (Wildman–Crippen LogP) is 6.80. The molecule has 1 heterocycles. The number of hydrogen-bond donors (Lipinski definition) is 0. The number of carbonyl (C=O) groups is 2. The van der Waals surface area contributed by atoms with Crippen LogP contribution >= 0.6 is 0 Å². The molecule has 0 amide bonds. The molecule has 0 fully saturated rings. The van der Waals surface area contributed by atoms with Gasteiger partial charge < -0.3 is 18.6 Å². The molecule has 0 spiro atoms. The number of aryl methyl sites for hydroxylation is 1. The van der Waals surface area contributed by atoms with Gasteiger partial charge in [0, 0.05) is 21.9 Å². The highest BCUT2D eigenvalue weighted by Crippen LogP contribution is 2.41. The Labute approximate surface area is 209 Å². The van der Waals surface area contributed by atoms with Crippen LogP contribution in [0.15, 0.2) is 83.3 Å². The number of benzene rings is 3. The summed E-state index contributed by atoms with van der Waals surface area (Å²) in [6.07, 6.45) is 1.55. The lowest BCUT2D eigenvalue weighted by atomic mass is 10.0. The molecule has 4 rings (SSSR count). The molecule has 0 aliphatic heterocycles. The van der Waals surface area contributed by atoms with Crippen molar-refractivity contribution in [1.82, 2.24) is 0 Å². The maximum absolute atomic E-state index is 12.0. The fraction of sp³-hybridized carbons (Fsp3) is 0.200. The van der Waals surface area contributed by atoms with Crippen LogP contribution in [0.4, 0.5) is 0 Å². The number of ether oxygens (including phenoxy) is 3. The minimum absolute atomic E-state index is 0.280. The quantitative estimate of drug-likeness (QED) is 0.113. The van der Waals surface area contributed by atoms with Crippen molar-refractivity contribution in [3.63, 3.8) is 0 Å².